The number of phenolic OH excluding ortho intramolecular Hbond substituents is 1. The second-order valence-electron chi connectivity index (χ2n) is 6.77. The van der Waals surface area contributed by atoms with Gasteiger partial charge in [-0.2, -0.15) is 0 Å². The molecule has 142 valence electrons. The lowest BCUT2D eigenvalue weighted by atomic mass is 9.99. The number of benzene rings is 1. The van der Waals surface area contributed by atoms with Crippen LogP contribution < -0.4 is 10.1 Å². The fourth-order valence-corrected chi connectivity index (χ4v) is 2.96. The van der Waals surface area contributed by atoms with E-state index in [9.17, 15) is 9.90 Å². The molecule has 1 aliphatic rings. The summed E-state index contributed by atoms with van der Waals surface area (Å²) in [5.41, 5.74) is 3.13. The Labute approximate surface area is 159 Å². The molecule has 0 atom stereocenters. The standard InChI is InChI=1S/C21H25N3O3/c1-15(2)27-20-18(4-3-11-22-20)14-23-21(26)24-12-9-17(10-13-24)16-5-7-19(25)8-6-16/h3-9,11,15,25H,10,12-14H2,1-2H3,(H,23,26). The average molecular weight is 367 g/mol. The van der Waals surface area contributed by atoms with Gasteiger partial charge in [0.05, 0.1) is 6.10 Å². The molecule has 27 heavy (non-hydrogen) atoms. The molecule has 0 bridgehead atoms. The van der Waals surface area contributed by atoms with Crippen molar-refractivity contribution in [2.24, 2.45) is 0 Å². The van der Waals surface area contributed by atoms with E-state index in [1.54, 1.807) is 23.2 Å². The van der Waals surface area contributed by atoms with Crippen molar-refractivity contribution >= 4 is 11.6 Å². The molecule has 1 aliphatic heterocycles. The number of phenols is 1. The monoisotopic (exact) mass is 367 g/mol. The lowest BCUT2D eigenvalue weighted by Gasteiger charge is -2.27. The Morgan fingerprint density at radius 3 is 2.74 bits per heavy atom. The van der Waals surface area contributed by atoms with Crippen LogP contribution in [0.25, 0.3) is 5.57 Å². The normalized spacial score (nSPS) is 14.0. The number of aromatic hydroxyl groups is 1. The highest BCUT2D eigenvalue weighted by molar-refractivity contribution is 5.76. The van der Waals surface area contributed by atoms with Crippen LogP contribution in [0, 0.1) is 0 Å². The Bertz CT molecular complexity index is 816. The first-order chi connectivity index (χ1) is 13.0. The number of aromatic nitrogens is 1. The molecule has 2 aromatic rings. The molecule has 6 heteroatoms. The van der Waals surface area contributed by atoms with Crippen molar-refractivity contribution in [1.82, 2.24) is 15.2 Å². The van der Waals surface area contributed by atoms with Crippen LogP contribution in [-0.4, -0.2) is 40.2 Å². The summed E-state index contributed by atoms with van der Waals surface area (Å²) in [5.74, 6) is 0.813. The number of nitrogens with one attached hydrogen (secondary N) is 1. The minimum Gasteiger partial charge on any atom is -0.508 e. The number of carbonyl (C=O) groups excluding carboxylic acids is 1. The molecule has 1 aromatic carbocycles. The van der Waals surface area contributed by atoms with E-state index in [0.29, 0.717) is 25.5 Å². The fourth-order valence-electron chi connectivity index (χ4n) is 2.96. The lowest BCUT2D eigenvalue weighted by molar-refractivity contribution is 0.202. The molecule has 0 spiro atoms. The number of nitrogens with zero attached hydrogens (tertiary/aromatic N) is 2. The van der Waals surface area contributed by atoms with E-state index in [0.717, 1.165) is 17.5 Å². The highest BCUT2D eigenvalue weighted by Gasteiger charge is 2.18. The van der Waals surface area contributed by atoms with E-state index >= 15 is 0 Å². The number of pyridine rings is 1. The molecule has 0 fully saturated rings. The zero-order chi connectivity index (χ0) is 19.2. The Morgan fingerprint density at radius 1 is 1.30 bits per heavy atom. The van der Waals surface area contributed by atoms with Crippen molar-refractivity contribution in [3.05, 3.63) is 59.8 Å². The topological polar surface area (TPSA) is 74.7 Å². The van der Waals surface area contributed by atoms with Crippen LogP contribution in [0.5, 0.6) is 11.6 Å². The van der Waals surface area contributed by atoms with Crippen molar-refractivity contribution in [3.8, 4) is 11.6 Å². The van der Waals surface area contributed by atoms with Gasteiger partial charge in [-0.25, -0.2) is 9.78 Å². The highest BCUT2D eigenvalue weighted by Crippen LogP contribution is 2.24. The number of urea groups is 1. The van der Waals surface area contributed by atoms with E-state index in [1.807, 2.05) is 38.1 Å². The highest BCUT2D eigenvalue weighted by atomic mass is 16.5. The number of ether oxygens (including phenoxy) is 1. The maximum atomic E-state index is 12.5. The zero-order valence-electron chi connectivity index (χ0n) is 15.7. The summed E-state index contributed by atoms with van der Waals surface area (Å²) in [6.45, 7) is 5.48. The average Bonchev–Trinajstić information content (AvgIpc) is 2.67. The zero-order valence-corrected chi connectivity index (χ0v) is 15.7. The van der Waals surface area contributed by atoms with Gasteiger partial charge in [0.25, 0.3) is 0 Å². The molecule has 0 radical (unpaired) electrons. The van der Waals surface area contributed by atoms with Crippen molar-refractivity contribution in [1.29, 1.82) is 0 Å². The third-order valence-corrected chi connectivity index (χ3v) is 4.36. The van der Waals surface area contributed by atoms with Gasteiger partial charge in [0.15, 0.2) is 0 Å². The lowest BCUT2D eigenvalue weighted by Crippen LogP contribution is -2.41. The van der Waals surface area contributed by atoms with Gasteiger partial charge in [-0.1, -0.05) is 24.3 Å². The number of amides is 2. The first-order valence-corrected chi connectivity index (χ1v) is 9.14. The van der Waals surface area contributed by atoms with Gasteiger partial charge < -0.3 is 20.1 Å². The Morgan fingerprint density at radius 2 is 2.07 bits per heavy atom. The third-order valence-electron chi connectivity index (χ3n) is 4.36. The summed E-state index contributed by atoms with van der Waals surface area (Å²) < 4.78 is 5.69. The van der Waals surface area contributed by atoms with Gasteiger partial charge in [-0.15, -0.1) is 0 Å². The summed E-state index contributed by atoms with van der Waals surface area (Å²) in [7, 11) is 0. The van der Waals surface area contributed by atoms with Crippen molar-refractivity contribution < 1.29 is 14.6 Å². The molecule has 1 aromatic heterocycles. The Hall–Kier alpha value is -3.02. The van der Waals surface area contributed by atoms with Crippen LogP contribution in [0.1, 0.15) is 31.4 Å². The van der Waals surface area contributed by atoms with Crippen LogP contribution in [-0.2, 0) is 6.54 Å². The molecular formula is C21H25N3O3. The number of hydrogen-bond acceptors (Lipinski definition) is 4. The first-order valence-electron chi connectivity index (χ1n) is 9.14. The van der Waals surface area contributed by atoms with Gasteiger partial charge in [0.1, 0.15) is 5.75 Å². The number of carbonyl (C=O) groups is 1. The minimum absolute atomic E-state index is 0.0277. The SMILES string of the molecule is CC(C)Oc1ncccc1CNC(=O)N1CC=C(c2ccc(O)cc2)CC1. The molecule has 2 heterocycles. The first kappa shape index (κ1) is 18.8. The van der Waals surface area contributed by atoms with E-state index in [-0.39, 0.29) is 17.9 Å². The van der Waals surface area contributed by atoms with Crippen molar-refractivity contribution in [2.75, 3.05) is 13.1 Å². The molecule has 2 N–H and O–H groups in total. The second kappa shape index (κ2) is 8.58. The van der Waals surface area contributed by atoms with Crippen LogP contribution >= 0.6 is 0 Å². The summed E-state index contributed by atoms with van der Waals surface area (Å²) in [4.78, 5) is 18.5. The van der Waals surface area contributed by atoms with Crippen LogP contribution in [0.3, 0.4) is 0 Å². The molecule has 0 saturated carbocycles. The molecule has 0 unspecified atom stereocenters. The number of rotatable bonds is 5. The van der Waals surface area contributed by atoms with Crippen LogP contribution in [0.2, 0.25) is 0 Å². The van der Waals surface area contributed by atoms with Gasteiger partial charge in [0.2, 0.25) is 5.88 Å². The third kappa shape index (κ3) is 5.00. The molecule has 2 amide bonds. The quantitative estimate of drug-likeness (QED) is 0.847. The Kier molecular flexibility index (Phi) is 5.96. The summed E-state index contributed by atoms with van der Waals surface area (Å²) in [6.07, 6.45) is 4.56. The molecule has 6 nitrogen and oxygen atoms in total. The Balaban J connectivity index is 1.56. The van der Waals surface area contributed by atoms with Crippen LogP contribution in [0.15, 0.2) is 48.7 Å². The maximum Gasteiger partial charge on any atom is 0.317 e. The second-order valence-corrected chi connectivity index (χ2v) is 6.77. The van der Waals surface area contributed by atoms with E-state index in [2.05, 4.69) is 16.4 Å². The van der Waals surface area contributed by atoms with Crippen LogP contribution in [0.4, 0.5) is 4.79 Å². The van der Waals surface area contributed by atoms with E-state index < -0.39 is 0 Å². The van der Waals surface area contributed by atoms with Crippen molar-refractivity contribution in [3.63, 3.8) is 0 Å². The molecule has 3 rings (SSSR count). The predicted octanol–water partition coefficient (Wildman–Crippen LogP) is 3.57. The van der Waals surface area contributed by atoms with Gasteiger partial charge >= 0.3 is 6.03 Å². The van der Waals surface area contributed by atoms with Gasteiger partial charge in [-0.05, 0) is 49.6 Å². The molecule has 0 aliphatic carbocycles. The predicted molar refractivity (Wildman–Crippen MR) is 105 cm³/mol. The smallest absolute Gasteiger partial charge is 0.317 e. The molecule has 0 saturated heterocycles. The summed E-state index contributed by atoms with van der Waals surface area (Å²) >= 11 is 0. The largest absolute Gasteiger partial charge is 0.508 e. The fraction of sp³-hybridized carbons (Fsp3) is 0.333. The summed E-state index contributed by atoms with van der Waals surface area (Å²) in [6, 6.07) is 10.8. The van der Waals surface area contributed by atoms with Crippen molar-refractivity contribution in [2.45, 2.75) is 32.9 Å². The minimum atomic E-state index is -0.102. The van der Waals surface area contributed by atoms with E-state index in [1.165, 1.54) is 5.57 Å². The molecular weight excluding hydrogens is 342 g/mol. The summed E-state index contributed by atoms with van der Waals surface area (Å²) in [5, 5.41) is 12.3. The van der Waals surface area contributed by atoms with E-state index in [4.69, 9.17) is 4.74 Å². The van der Waals surface area contributed by atoms with Gasteiger partial charge in [0, 0.05) is 31.4 Å². The number of hydrogen-bond donors (Lipinski definition) is 2. The van der Waals surface area contributed by atoms with Gasteiger partial charge in [-0.3, -0.25) is 0 Å². The maximum absolute atomic E-state index is 12.5.